The number of H-pyrrole nitrogens is 1. The van der Waals surface area contributed by atoms with Crippen LogP contribution >= 0.6 is 0 Å². The maximum Gasteiger partial charge on any atom is 0.330 e. The van der Waals surface area contributed by atoms with Crippen LogP contribution in [0.3, 0.4) is 0 Å². The van der Waals surface area contributed by atoms with Gasteiger partial charge in [0, 0.05) is 24.2 Å². The van der Waals surface area contributed by atoms with Gasteiger partial charge in [-0.1, -0.05) is 66.7 Å². The van der Waals surface area contributed by atoms with Crippen molar-refractivity contribution >= 4 is 15.8 Å². The highest BCUT2D eigenvalue weighted by Crippen LogP contribution is 2.43. The molecule has 14 nitrogen and oxygen atoms in total. The molecule has 0 radical (unpaired) electrons. The minimum Gasteiger partial charge on any atom is -0.497 e. The maximum atomic E-state index is 13.7. The molecule has 3 unspecified atom stereocenters. The quantitative estimate of drug-likeness (QED) is 0.0759. The summed E-state index contributed by atoms with van der Waals surface area (Å²) in [5.41, 5.74) is -1.04. The van der Waals surface area contributed by atoms with Gasteiger partial charge in [0.05, 0.1) is 25.7 Å². The Morgan fingerprint density at radius 2 is 1.42 bits per heavy atom. The third-order valence-corrected chi connectivity index (χ3v) is 10.2. The molecule has 3 atom stereocenters. The maximum absolute atomic E-state index is 13.7. The van der Waals surface area contributed by atoms with Crippen molar-refractivity contribution in [2.24, 2.45) is 0 Å². The summed E-state index contributed by atoms with van der Waals surface area (Å²) >= 11 is 0. The zero-order valence-electron chi connectivity index (χ0n) is 28.3. The van der Waals surface area contributed by atoms with Gasteiger partial charge in [-0.15, -0.1) is 0 Å². The number of ether oxygens (including phenoxy) is 4. The van der Waals surface area contributed by atoms with E-state index < -0.39 is 60.9 Å². The second-order valence-corrected chi connectivity index (χ2v) is 13.5. The van der Waals surface area contributed by atoms with Gasteiger partial charge in [-0.3, -0.25) is 28.6 Å². The predicted molar refractivity (Wildman–Crippen MR) is 188 cm³/mol. The number of aromatic amines is 1. The lowest BCUT2D eigenvalue weighted by Gasteiger charge is -2.37. The highest BCUT2D eigenvalue weighted by atomic mass is 32.2. The molecule has 52 heavy (non-hydrogen) atoms. The number of nitrogens with zero attached hydrogens (tertiary/aromatic N) is 2. The number of aryl methyl sites for hydroxylation is 1. The Morgan fingerprint density at radius 1 is 0.865 bits per heavy atom. The van der Waals surface area contributed by atoms with Crippen molar-refractivity contribution in [2.75, 3.05) is 20.8 Å². The Hall–Kier alpha value is -5.61. The van der Waals surface area contributed by atoms with Crippen LogP contribution in [0.1, 0.15) is 34.9 Å². The number of methoxy groups -OCH3 is 2. The third-order valence-electron chi connectivity index (χ3n) is 8.86. The fourth-order valence-corrected chi connectivity index (χ4v) is 7.51. The summed E-state index contributed by atoms with van der Waals surface area (Å²) in [6.45, 7) is 1.22. The number of para-hydroxylation sites is 1. The van der Waals surface area contributed by atoms with E-state index in [1.165, 1.54) is 25.3 Å². The molecule has 270 valence electrons. The molecule has 1 aliphatic rings. The lowest BCUT2D eigenvalue weighted by molar-refractivity contribution is -0.387. The van der Waals surface area contributed by atoms with Gasteiger partial charge in [0.2, 0.25) is 0 Å². The molecule has 0 amide bonds. The van der Waals surface area contributed by atoms with E-state index in [2.05, 4.69) is 4.98 Å². The van der Waals surface area contributed by atoms with Gasteiger partial charge in [-0.2, -0.15) is 8.42 Å². The van der Waals surface area contributed by atoms with Crippen LogP contribution < -0.4 is 20.7 Å². The predicted octanol–water partition coefficient (Wildman–Crippen LogP) is 4.84. The Bertz CT molecular complexity index is 2230. The molecule has 0 bridgehead atoms. The summed E-state index contributed by atoms with van der Waals surface area (Å²) in [6.07, 6.45) is -2.43. The summed E-state index contributed by atoms with van der Waals surface area (Å²) in [5, 5.41) is 11.8. The molecule has 0 spiro atoms. The van der Waals surface area contributed by atoms with Crippen molar-refractivity contribution in [3.8, 4) is 11.5 Å². The molecule has 5 aromatic rings. The van der Waals surface area contributed by atoms with E-state index in [0.29, 0.717) is 22.6 Å². The van der Waals surface area contributed by atoms with Crippen LogP contribution in [-0.4, -0.2) is 55.9 Å². The van der Waals surface area contributed by atoms with Crippen LogP contribution in [0.4, 0.5) is 5.69 Å². The normalized spacial score (nSPS) is 17.5. The number of benzene rings is 4. The van der Waals surface area contributed by atoms with E-state index >= 15 is 0 Å². The molecule has 1 fully saturated rings. The largest absolute Gasteiger partial charge is 0.497 e. The highest BCUT2D eigenvalue weighted by molar-refractivity contribution is 7.87. The minimum absolute atomic E-state index is 0.192. The van der Waals surface area contributed by atoms with Gasteiger partial charge in [0.15, 0.2) is 4.90 Å². The zero-order valence-corrected chi connectivity index (χ0v) is 29.1. The fourth-order valence-electron chi connectivity index (χ4n) is 6.24. The van der Waals surface area contributed by atoms with Crippen LogP contribution in [-0.2, 0) is 29.4 Å². The summed E-state index contributed by atoms with van der Waals surface area (Å²) in [6, 6.07) is 28.8. The van der Waals surface area contributed by atoms with Crippen molar-refractivity contribution in [3.05, 3.63) is 163 Å². The Morgan fingerprint density at radius 3 is 2.00 bits per heavy atom. The Balaban J connectivity index is 1.45. The molecule has 1 aliphatic heterocycles. The summed E-state index contributed by atoms with van der Waals surface area (Å²) in [5.74, 6) is 1.22. The average molecular weight is 730 g/mol. The van der Waals surface area contributed by atoms with Gasteiger partial charge < -0.3 is 18.9 Å². The van der Waals surface area contributed by atoms with E-state index in [1.807, 2.05) is 54.6 Å². The second kappa shape index (κ2) is 14.9. The van der Waals surface area contributed by atoms with E-state index in [1.54, 1.807) is 38.5 Å². The van der Waals surface area contributed by atoms with Crippen molar-refractivity contribution in [3.63, 3.8) is 0 Å². The van der Waals surface area contributed by atoms with Crippen LogP contribution in [0.25, 0.3) is 0 Å². The first-order valence-electron chi connectivity index (χ1n) is 16.1. The molecule has 1 aromatic heterocycles. The molecular weight excluding hydrogens is 694 g/mol. The monoisotopic (exact) mass is 729 g/mol. The average Bonchev–Trinajstić information content (AvgIpc) is 3.55. The number of nitro benzene ring substituents is 1. The first-order valence-corrected chi connectivity index (χ1v) is 17.5. The van der Waals surface area contributed by atoms with Gasteiger partial charge in [0.1, 0.15) is 35.5 Å². The van der Waals surface area contributed by atoms with Crippen LogP contribution in [0.5, 0.6) is 11.5 Å². The van der Waals surface area contributed by atoms with Crippen molar-refractivity contribution in [1.82, 2.24) is 9.55 Å². The number of nitro groups is 1. The number of hydrogen-bond acceptors (Lipinski definition) is 11. The third kappa shape index (κ3) is 7.11. The Kier molecular flexibility index (Phi) is 10.4. The first kappa shape index (κ1) is 36.2. The van der Waals surface area contributed by atoms with Crippen molar-refractivity contribution < 1.29 is 36.5 Å². The Labute approximate surface area is 298 Å². The standard InChI is InChI=1S/C37H35N3O11S/c1-24-22-39(36(42)38-35(24)41)34-21-31(51-52(45,46)33-12-8-7-11-30(33)40(43)44)32(50-34)23-49-37(25-9-5-4-6-10-25,26-13-17-28(47-2)18-14-26)27-15-19-29(48-3)20-16-27/h4-20,22,31-32,34H,21,23H2,1-3H3,(H,38,41,42). The second-order valence-electron chi connectivity index (χ2n) is 12.0. The van der Waals surface area contributed by atoms with E-state index in [9.17, 15) is 28.1 Å². The number of rotatable bonds is 13. The van der Waals surface area contributed by atoms with E-state index in [-0.39, 0.29) is 18.6 Å². The number of aromatic nitrogens is 2. The summed E-state index contributed by atoms with van der Waals surface area (Å²) in [7, 11) is -1.65. The lowest BCUT2D eigenvalue weighted by Crippen LogP contribution is -2.39. The molecule has 0 aliphatic carbocycles. The highest BCUT2D eigenvalue weighted by Gasteiger charge is 2.45. The van der Waals surface area contributed by atoms with Gasteiger partial charge in [-0.25, -0.2) is 4.79 Å². The van der Waals surface area contributed by atoms with Gasteiger partial charge in [-0.05, 0) is 53.9 Å². The lowest BCUT2D eigenvalue weighted by atomic mass is 9.80. The minimum atomic E-state index is -4.76. The molecule has 15 heteroatoms. The van der Waals surface area contributed by atoms with E-state index in [0.717, 1.165) is 22.3 Å². The summed E-state index contributed by atoms with van der Waals surface area (Å²) in [4.78, 5) is 37.6. The molecule has 4 aromatic carbocycles. The molecular formula is C37H35N3O11S. The van der Waals surface area contributed by atoms with Crippen molar-refractivity contribution in [1.29, 1.82) is 0 Å². The van der Waals surface area contributed by atoms with Gasteiger partial charge >= 0.3 is 15.8 Å². The topological polar surface area (TPSA) is 178 Å². The van der Waals surface area contributed by atoms with Crippen LogP contribution in [0.15, 0.2) is 124 Å². The SMILES string of the molecule is COc1ccc(C(OCC2OC(n3cc(C)c(=O)[nH]c3=O)CC2OS(=O)(=O)c2ccccc2[N+](=O)[O-])(c2ccccc2)c2ccc(OC)cc2)cc1. The molecule has 2 heterocycles. The van der Waals surface area contributed by atoms with Gasteiger partial charge in [0.25, 0.3) is 11.2 Å². The van der Waals surface area contributed by atoms with Crippen LogP contribution in [0, 0.1) is 17.0 Å². The summed E-state index contributed by atoms with van der Waals surface area (Å²) < 4.78 is 58.4. The molecule has 6 rings (SSSR count). The van der Waals surface area contributed by atoms with Crippen molar-refractivity contribution in [2.45, 2.75) is 42.3 Å². The zero-order chi connectivity index (χ0) is 37.0. The molecule has 0 saturated carbocycles. The molecule has 1 saturated heterocycles. The number of nitrogens with one attached hydrogen (secondary N) is 1. The van der Waals surface area contributed by atoms with Crippen LogP contribution in [0.2, 0.25) is 0 Å². The fraction of sp³-hybridized carbons (Fsp3) is 0.243. The first-order chi connectivity index (χ1) is 25.0. The molecule has 1 N–H and O–H groups in total. The smallest absolute Gasteiger partial charge is 0.330 e. The van der Waals surface area contributed by atoms with E-state index in [4.69, 9.17) is 23.1 Å². The number of hydrogen-bond donors (Lipinski definition) is 1.